The van der Waals surface area contributed by atoms with E-state index in [1.54, 1.807) is 19.1 Å². The molecule has 3 heterocycles. The third kappa shape index (κ3) is 4.95. The van der Waals surface area contributed by atoms with Crippen molar-refractivity contribution in [3.8, 4) is 12.3 Å². The normalized spacial score (nSPS) is 29.7. The van der Waals surface area contributed by atoms with Crippen LogP contribution in [0.15, 0.2) is 24.3 Å². The van der Waals surface area contributed by atoms with Crippen molar-refractivity contribution in [2.45, 2.75) is 47.2 Å². The predicted molar refractivity (Wildman–Crippen MR) is 157 cm³/mol. The Morgan fingerprint density at radius 2 is 1.77 bits per heavy atom. The van der Waals surface area contributed by atoms with Crippen LogP contribution in [0.25, 0.3) is 0 Å². The summed E-state index contributed by atoms with van der Waals surface area (Å²) in [5.74, 6) is 0.987. The van der Waals surface area contributed by atoms with Crippen LogP contribution in [0.5, 0.6) is 0 Å². The highest BCUT2D eigenvalue weighted by Crippen LogP contribution is 2.54. The first-order valence-electron chi connectivity index (χ1n) is 13.8. The van der Waals surface area contributed by atoms with E-state index in [4.69, 9.17) is 20.6 Å². The zero-order valence-electron chi connectivity index (χ0n) is 23.0. The Bertz CT molecular complexity index is 1090. The average molecular weight is 651 g/mol. The molecule has 2 amide bonds. The standard InChI is InChI=1S/C29H39IN4O5/c1-5-20-18-34(29(30)25(20)39-19-28(29,37-3)38-4)27(36)24(21-8-6-7-9-21)31-26(35)22-10-12-23(13-11-22)33-16-14-32(2)15-17-33/h1,10-13,20-21,24-25H,6-9,14-19H2,2-4H3,(H,31,35)/t20?,24-,25?,29?/m0/s1. The molecular weight excluding hydrogens is 611 g/mol. The van der Waals surface area contributed by atoms with E-state index in [-0.39, 0.29) is 30.3 Å². The average Bonchev–Trinajstić information content (AvgIpc) is 3.66. The summed E-state index contributed by atoms with van der Waals surface area (Å²) < 4.78 is 16.8. The number of hydrogen-bond acceptors (Lipinski definition) is 7. The van der Waals surface area contributed by atoms with Crippen LogP contribution in [0.2, 0.25) is 0 Å². The molecule has 1 aromatic rings. The predicted octanol–water partition coefficient (Wildman–Crippen LogP) is 2.34. The molecule has 4 fully saturated rings. The van der Waals surface area contributed by atoms with Gasteiger partial charge in [-0.25, -0.2) is 0 Å². The number of nitrogens with one attached hydrogen (secondary N) is 1. The van der Waals surface area contributed by atoms with Crippen LogP contribution in [0.3, 0.4) is 0 Å². The van der Waals surface area contributed by atoms with Gasteiger partial charge in [0.05, 0.1) is 5.92 Å². The summed E-state index contributed by atoms with van der Waals surface area (Å²) in [4.78, 5) is 34.3. The van der Waals surface area contributed by atoms with Crippen molar-refractivity contribution in [3.05, 3.63) is 29.8 Å². The number of carbonyl (C=O) groups is 2. The van der Waals surface area contributed by atoms with Crippen molar-refractivity contribution in [1.82, 2.24) is 15.1 Å². The van der Waals surface area contributed by atoms with Crippen LogP contribution in [-0.2, 0) is 19.0 Å². The number of rotatable bonds is 7. The van der Waals surface area contributed by atoms with Gasteiger partial charge in [-0.05, 0) is 72.7 Å². The van der Waals surface area contributed by atoms with Crippen LogP contribution in [0, 0.1) is 24.2 Å². The monoisotopic (exact) mass is 650 g/mol. The second-order valence-corrected chi connectivity index (χ2v) is 12.8. The molecule has 1 saturated carbocycles. The van der Waals surface area contributed by atoms with E-state index in [1.165, 1.54) is 0 Å². The molecule has 1 aliphatic carbocycles. The fourth-order valence-electron chi connectivity index (χ4n) is 6.63. The minimum Gasteiger partial charge on any atom is -0.369 e. The van der Waals surface area contributed by atoms with E-state index in [2.05, 4.69) is 50.7 Å². The number of fused-ring (bicyclic) bond motifs is 1. The van der Waals surface area contributed by atoms with Gasteiger partial charge in [0.15, 0.2) is 3.55 Å². The summed E-state index contributed by atoms with van der Waals surface area (Å²) in [5, 5.41) is 3.12. The number of halogens is 1. The smallest absolute Gasteiger partial charge is 0.251 e. The second kappa shape index (κ2) is 11.5. The fourth-order valence-corrected chi connectivity index (χ4v) is 8.27. The molecular formula is C29H39IN4O5. The number of ether oxygens (including phenoxy) is 3. The zero-order chi connectivity index (χ0) is 27.8. The molecule has 1 aromatic carbocycles. The maximum absolute atomic E-state index is 14.4. The Kier molecular flexibility index (Phi) is 8.46. The first-order chi connectivity index (χ1) is 18.8. The molecule has 3 saturated heterocycles. The molecule has 9 nitrogen and oxygen atoms in total. The Morgan fingerprint density at radius 1 is 1.13 bits per heavy atom. The van der Waals surface area contributed by atoms with Gasteiger partial charge >= 0.3 is 0 Å². The van der Waals surface area contributed by atoms with Crippen LogP contribution >= 0.6 is 22.6 Å². The molecule has 0 spiro atoms. The lowest BCUT2D eigenvalue weighted by Crippen LogP contribution is -2.65. The maximum atomic E-state index is 14.4. The van der Waals surface area contributed by atoms with E-state index in [0.717, 1.165) is 57.5 Å². The van der Waals surface area contributed by atoms with Gasteiger partial charge < -0.3 is 34.2 Å². The fraction of sp³-hybridized carbons (Fsp3) is 0.655. The number of benzene rings is 1. The number of likely N-dealkylation sites (N-methyl/N-ethyl adjacent to an activating group) is 1. The minimum atomic E-state index is -1.16. The van der Waals surface area contributed by atoms with Crippen molar-refractivity contribution in [2.24, 2.45) is 11.8 Å². The van der Waals surface area contributed by atoms with Gasteiger partial charge in [-0.15, -0.1) is 6.42 Å². The summed E-state index contributed by atoms with van der Waals surface area (Å²) >= 11 is 2.23. The van der Waals surface area contributed by atoms with Crippen molar-refractivity contribution in [1.29, 1.82) is 0 Å². The highest BCUT2D eigenvalue weighted by molar-refractivity contribution is 14.1. The molecule has 39 heavy (non-hydrogen) atoms. The number of methoxy groups -OCH3 is 2. The minimum absolute atomic E-state index is 0.0520. The molecule has 212 valence electrons. The quantitative estimate of drug-likeness (QED) is 0.160. The maximum Gasteiger partial charge on any atom is 0.251 e. The number of likely N-dealkylation sites (tertiary alicyclic amines) is 1. The van der Waals surface area contributed by atoms with Crippen molar-refractivity contribution >= 4 is 40.1 Å². The third-order valence-electron chi connectivity index (χ3n) is 9.06. The number of amides is 2. The highest BCUT2D eigenvalue weighted by Gasteiger charge is 2.72. The molecule has 0 radical (unpaired) electrons. The van der Waals surface area contributed by atoms with E-state index >= 15 is 0 Å². The van der Waals surface area contributed by atoms with E-state index in [1.807, 2.05) is 24.3 Å². The summed E-state index contributed by atoms with van der Waals surface area (Å²) in [6.07, 6.45) is 9.30. The van der Waals surface area contributed by atoms with Gasteiger partial charge in [0, 0.05) is 58.2 Å². The first-order valence-corrected chi connectivity index (χ1v) is 14.9. The summed E-state index contributed by atoms with van der Waals surface area (Å²) in [5.41, 5.74) is 1.65. The third-order valence-corrected chi connectivity index (χ3v) is 11.1. The van der Waals surface area contributed by atoms with Gasteiger partial charge in [0.1, 0.15) is 18.8 Å². The first kappa shape index (κ1) is 28.6. The lowest BCUT2D eigenvalue weighted by atomic mass is 9.95. The molecule has 5 rings (SSSR count). The zero-order valence-corrected chi connectivity index (χ0v) is 25.2. The number of hydrogen-bond donors (Lipinski definition) is 1. The summed E-state index contributed by atoms with van der Waals surface area (Å²) in [6.45, 7) is 4.43. The van der Waals surface area contributed by atoms with Crippen LogP contribution in [0.4, 0.5) is 5.69 Å². The molecule has 4 aliphatic rings. The summed E-state index contributed by atoms with van der Waals surface area (Å²) in [6, 6.07) is 7.02. The molecule has 3 unspecified atom stereocenters. The lowest BCUT2D eigenvalue weighted by molar-refractivity contribution is -0.231. The van der Waals surface area contributed by atoms with Crippen molar-refractivity contribution in [2.75, 3.05) is 65.5 Å². The lowest BCUT2D eigenvalue weighted by Gasteiger charge is -2.44. The number of terminal acetylenes is 1. The van der Waals surface area contributed by atoms with Gasteiger partial charge in [-0.1, -0.05) is 18.8 Å². The van der Waals surface area contributed by atoms with E-state index in [9.17, 15) is 9.59 Å². The van der Waals surface area contributed by atoms with Crippen molar-refractivity contribution < 1.29 is 23.8 Å². The van der Waals surface area contributed by atoms with Crippen LogP contribution in [-0.4, -0.2) is 104 Å². The molecule has 3 aliphatic heterocycles. The molecule has 10 heteroatoms. The van der Waals surface area contributed by atoms with Gasteiger partial charge in [-0.3, -0.25) is 9.59 Å². The molecule has 0 bridgehead atoms. The highest BCUT2D eigenvalue weighted by atomic mass is 127. The largest absolute Gasteiger partial charge is 0.369 e. The Balaban J connectivity index is 1.38. The number of anilines is 1. The SMILES string of the molecule is C#CC1CN(C(=O)[C@@H](NC(=O)c2ccc(N3CCN(C)CC3)cc2)C2CCCC2)C2(I)C1OCC2(OC)OC. The Hall–Kier alpha value is -1.91. The van der Waals surface area contributed by atoms with E-state index < -0.39 is 21.5 Å². The Labute approximate surface area is 245 Å². The number of carbonyl (C=O) groups excluding carboxylic acids is 2. The van der Waals surface area contributed by atoms with Gasteiger partial charge in [0.2, 0.25) is 11.7 Å². The van der Waals surface area contributed by atoms with Crippen LogP contribution in [0.1, 0.15) is 36.0 Å². The number of alkyl halides is 1. The van der Waals surface area contributed by atoms with E-state index in [0.29, 0.717) is 12.1 Å². The topological polar surface area (TPSA) is 83.6 Å². The van der Waals surface area contributed by atoms with Crippen molar-refractivity contribution in [3.63, 3.8) is 0 Å². The van der Waals surface area contributed by atoms with Gasteiger partial charge in [-0.2, -0.15) is 0 Å². The number of piperazine rings is 1. The molecule has 0 aromatic heterocycles. The molecule has 4 atom stereocenters. The summed E-state index contributed by atoms with van der Waals surface area (Å²) in [7, 11) is 5.25. The molecule has 1 N–H and O–H groups in total. The van der Waals surface area contributed by atoms with Crippen LogP contribution < -0.4 is 10.2 Å². The number of nitrogens with zero attached hydrogens (tertiary/aromatic N) is 3. The second-order valence-electron chi connectivity index (χ2n) is 11.1. The van der Waals surface area contributed by atoms with Gasteiger partial charge in [0.25, 0.3) is 5.91 Å². The Morgan fingerprint density at radius 3 is 2.36 bits per heavy atom.